The van der Waals surface area contributed by atoms with Gasteiger partial charge >= 0.3 is 0 Å². The molecule has 21 heavy (non-hydrogen) atoms. The molecule has 0 aliphatic carbocycles. The molecule has 3 aromatic carbocycles. The number of aryl methyl sites for hydroxylation is 1. The predicted molar refractivity (Wildman–Crippen MR) is 88.6 cm³/mol. The van der Waals surface area contributed by atoms with E-state index in [2.05, 4.69) is 24.3 Å². The quantitative estimate of drug-likeness (QED) is 0.553. The summed E-state index contributed by atoms with van der Waals surface area (Å²) in [6, 6.07) is 22.5. The van der Waals surface area contributed by atoms with Crippen LogP contribution < -0.4 is 10.5 Å². The maximum atomic E-state index is 5.95. The molecule has 0 amide bonds. The molecule has 2 N–H and O–H groups in total. The second kappa shape index (κ2) is 6.31. The molecule has 0 unspecified atom stereocenters. The number of para-hydroxylation sites is 1. The fourth-order valence-electron chi connectivity index (χ4n) is 2.53. The summed E-state index contributed by atoms with van der Waals surface area (Å²) in [6.07, 6.45) is 1.90. The Balaban J connectivity index is 1.61. The zero-order chi connectivity index (χ0) is 14.5. The fraction of sp³-hybridized carbons (Fsp3) is 0.158. The zero-order valence-electron chi connectivity index (χ0n) is 12.0. The standard InChI is InChI=1S/C19H19NO/c20-18-12-4-2-8-16(18)10-6-14-21-19-13-5-9-15-7-1-3-11-17(15)19/h1-5,7-9,11-13H,6,10,14,20H2. The van der Waals surface area contributed by atoms with E-state index in [1.807, 2.05) is 42.5 Å². The van der Waals surface area contributed by atoms with Crippen LogP contribution >= 0.6 is 0 Å². The lowest BCUT2D eigenvalue weighted by Gasteiger charge is -2.10. The first kappa shape index (κ1) is 13.5. The van der Waals surface area contributed by atoms with Gasteiger partial charge in [-0.2, -0.15) is 0 Å². The summed E-state index contributed by atoms with van der Waals surface area (Å²) < 4.78 is 5.94. The van der Waals surface area contributed by atoms with Gasteiger partial charge in [-0.1, -0.05) is 54.6 Å². The van der Waals surface area contributed by atoms with Gasteiger partial charge in [0.2, 0.25) is 0 Å². The minimum atomic E-state index is 0.697. The highest BCUT2D eigenvalue weighted by Crippen LogP contribution is 2.25. The highest BCUT2D eigenvalue weighted by Gasteiger charge is 2.02. The van der Waals surface area contributed by atoms with Gasteiger partial charge in [0.25, 0.3) is 0 Å². The van der Waals surface area contributed by atoms with Crippen LogP contribution in [0.3, 0.4) is 0 Å². The molecule has 2 heteroatoms. The van der Waals surface area contributed by atoms with Crippen molar-refractivity contribution in [2.45, 2.75) is 12.8 Å². The van der Waals surface area contributed by atoms with Crippen LogP contribution in [0.2, 0.25) is 0 Å². The summed E-state index contributed by atoms with van der Waals surface area (Å²) in [6.45, 7) is 0.697. The van der Waals surface area contributed by atoms with E-state index in [1.54, 1.807) is 0 Å². The highest BCUT2D eigenvalue weighted by molar-refractivity contribution is 5.88. The van der Waals surface area contributed by atoms with E-state index >= 15 is 0 Å². The Bertz CT molecular complexity index is 731. The summed E-state index contributed by atoms with van der Waals surface area (Å²) in [5.41, 5.74) is 8.00. The molecule has 0 bridgehead atoms. The molecule has 0 saturated carbocycles. The van der Waals surface area contributed by atoms with Crippen LogP contribution in [0.1, 0.15) is 12.0 Å². The SMILES string of the molecule is Nc1ccccc1CCCOc1cccc2ccccc12. The van der Waals surface area contributed by atoms with Crippen LogP contribution in [-0.4, -0.2) is 6.61 Å². The Hall–Kier alpha value is -2.48. The van der Waals surface area contributed by atoms with E-state index in [0.29, 0.717) is 6.61 Å². The molecule has 0 spiro atoms. The smallest absolute Gasteiger partial charge is 0.127 e. The Morgan fingerprint density at radius 2 is 1.57 bits per heavy atom. The van der Waals surface area contributed by atoms with Crippen LogP contribution in [-0.2, 0) is 6.42 Å². The van der Waals surface area contributed by atoms with Crippen molar-refractivity contribution in [3.63, 3.8) is 0 Å². The Labute approximate surface area is 125 Å². The molecule has 2 nitrogen and oxygen atoms in total. The molecule has 3 rings (SSSR count). The second-order valence-corrected chi connectivity index (χ2v) is 5.13. The van der Waals surface area contributed by atoms with E-state index in [-0.39, 0.29) is 0 Å². The molecule has 106 valence electrons. The number of nitrogens with two attached hydrogens (primary N) is 1. The van der Waals surface area contributed by atoms with E-state index in [0.717, 1.165) is 24.3 Å². The average Bonchev–Trinajstić information content (AvgIpc) is 2.53. The van der Waals surface area contributed by atoms with Crippen LogP contribution in [0, 0.1) is 0 Å². The lowest BCUT2D eigenvalue weighted by molar-refractivity contribution is 0.314. The first-order chi connectivity index (χ1) is 10.3. The van der Waals surface area contributed by atoms with Gasteiger partial charge in [0.15, 0.2) is 0 Å². The van der Waals surface area contributed by atoms with Crippen molar-refractivity contribution in [2.75, 3.05) is 12.3 Å². The Kier molecular flexibility index (Phi) is 4.06. The molecular formula is C19H19NO. The van der Waals surface area contributed by atoms with Crippen LogP contribution in [0.25, 0.3) is 10.8 Å². The lowest BCUT2D eigenvalue weighted by Crippen LogP contribution is -2.01. The largest absolute Gasteiger partial charge is 0.493 e. The number of benzene rings is 3. The minimum absolute atomic E-state index is 0.697. The third-order valence-corrected chi connectivity index (χ3v) is 3.65. The van der Waals surface area contributed by atoms with Gasteiger partial charge in [0, 0.05) is 11.1 Å². The normalized spacial score (nSPS) is 10.7. The highest BCUT2D eigenvalue weighted by atomic mass is 16.5. The molecule has 0 fully saturated rings. The molecule has 0 atom stereocenters. The fourth-order valence-corrected chi connectivity index (χ4v) is 2.53. The van der Waals surface area contributed by atoms with Crippen molar-refractivity contribution in [3.8, 4) is 5.75 Å². The minimum Gasteiger partial charge on any atom is -0.493 e. The first-order valence-electron chi connectivity index (χ1n) is 7.28. The van der Waals surface area contributed by atoms with Gasteiger partial charge in [0.1, 0.15) is 5.75 Å². The van der Waals surface area contributed by atoms with Crippen molar-refractivity contribution in [3.05, 3.63) is 72.3 Å². The predicted octanol–water partition coefficient (Wildman–Crippen LogP) is 4.43. The molecular weight excluding hydrogens is 258 g/mol. The Morgan fingerprint density at radius 3 is 2.48 bits per heavy atom. The van der Waals surface area contributed by atoms with Crippen molar-refractivity contribution < 1.29 is 4.74 Å². The third kappa shape index (κ3) is 3.16. The molecule has 3 aromatic rings. The monoisotopic (exact) mass is 277 g/mol. The zero-order valence-corrected chi connectivity index (χ0v) is 12.0. The van der Waals surface area contributed by atoms with E-state index in [1.165, 1.54) is 16.3 Å². The Morgan fingerprint density at radius 1 is 0.810 bits per heavy atom. The maximum Gasteiger partial charge on any atom is 0.127 e. The molecule has 0 saturated heterocycles. The van der Waals surface area contributed by atoms with Gasteiger partial charge in [-0.15, -0.1) is 0 Å². The van der Waals surface area contributed by atoms with Crippen molar-refractivity contribution in [1.82, 2.24) is 0 Å². The van der Waals surface area contributed by atoms with Crippen molar-refractivity contribution in [2.24, 2.45) is 0 Å². The van der Waals surface area contributed by atoms with Gasteiger partial charge in [-0.3, -0.25) is 0 Å². The number of hydrogen-bond acceptors (Lipinski definition) is 2. The second-order valence-electron chi connectivity index (χ2n) is 5.13. The summed E-state index contributed by atoms with van der Waals surface area (Å²) in [4.78, 5) is 0. The molecule has 0 aliphatic heterocycles. The van der Waals surface area contributed by atoms with Gasteiger partial charge in [-0.05, 0) is 35.9 Å². The van der Waals surface area contributed by atoms with E-state index < -0.39 is 0 Å². The number of ether oxygens (including phenoxy) is 1. The molecule has 0 radical (unpaired) electrons. The summed E-state index contributed by atoms with van der Waals surface area (Å²) in [7, 11) is 0. The first-order valence-corrected chi connectivity index (χ1v) is 7.28. The van der Waals surface area contributed by atoms with Crippen molar-refractivity contribution in [1.29, 1.82) is 0 Å². The van der Waals surface area contributed by atoms with Crippen LogP contribution in [0.15, 0.2) is 66.7 Å². The topological polar surface area (TPSA) is 35.2 Å². The summed E-state index contributed by atoms with van der Waals surface area (Å²) >= 11 is 0. The molecule has 0 aliphatic rings. The lowest BCUT2D eigenvalue weighted by atomic mass is 10.1. The van der Waals surface area contributed by atoms with Crippen molar-refractivity contribution >= 4 is 16.5 Å². The van der Waals surface area contributed by atoms with Gasteiger partial charge < -0.3 is 10.5 Å². The number of hydrogen-bond donors (Lipinski definition) is 1. The maximum absolute atomic E-state index is 5.95. The number of anilines is 1. The third-order valence-electron chi connectivity index (χ3n) is 3.65. The van der Waals surface area contributed by atoms with E-state index in [4.69, 9.17) is 10.5 Å². The van der Waals surface area contributed by atoms with Gasteiger partial charge in [-0.25, -0.2) is 0 Å². The summed E-state index contributed by atoms with van der Waals surface area (Å²) in [5, 5.41) is 2.38. The molecule has 0 heterocycles. The van der Waals surface area contributed by atoms with Crippen LogP contribution in [0.4, 0.5) is 5.69 Å². The average molecular weight is 277 g/mol. The number of nitrogen functional groups attached to an aromatic ring is 1. The number of fused-ring (bicyclic) bond motifs is 1. The van der Waals surface area contributed by atoms with Gasteiger partial charge in [0.05, 0.1) is 6.61 Å². The molecule has 0 aromatic heterocycles. The summed E-state index contributed by atoms with van der Waals surface area (Å²) in [5.74, 6) is 0.953. The van der Waals surface area contributed by atoms with E-state index in [9.17, 15) is 0 Å². The number of rotatable bonds is 5. The van der Waals surface area contributed by atoms with Crippen LogP contribution in [0.5, 0.6) is 5.75 Å².